The molecule has 1 aromatic heterocycles. The van der Waals surface area contributed by atoms with E-state index in [1.54, 1.807) is 23.1 Å². The van der Waals surface area contributed by atoms with Crippen LogP contribution in [0.2, 0.25) is 0 Å². The highest BCUT2D eigenvalue weighted by Crippen LogP contribution is 2.34. The third-order valence-corrected chi connectivity index (χ3v) is 5.43. The summed E-state index contributed by atoms with van der Waals surface area (Å²) in [5.74, 6) is 0.0413. The summed E-state index contributed by atoms with van der Waals surface area (Å²) in [6, 6.07) is 18.4. The van der Waals surface area contributed by atoms with Crippen LogP contribution < -0.4 is 4.74 Å². The number of carbonyl (C=O) groups is 1. The number of hydrogen-bond donors (Lipinski definition) is 1. The first kappa shape index (κ1) is 20.5. The molecule has 0 atom stereocenters. The Kier molecular flexibility index (Phi) is 5.64. The molecule has 1 aliphatic heterocycles. The molecular weight excluding hydrogens is 398 g/mol. The average molecular weight is 419 g/mol. The molecule has 158 valence electrons. The van der Waals surface area contributed by atoms with E-state index in [9.17, 15) is 20.0 Å². The number of hydrogen-bond acceptors (Lipinski definition) is 6. The molecular formula is C23H21N3O5. The minimum absolute atomic E-state index is 0.0805. The molecule has 1 N–H and O–H groups in total. The lowest BCUT2D eigenvalue weighted by atomic mass is 9.84. The lowest BCUT2D eigenvalue weighted by Crippen LogP contribution is -2.45. The van der Waals surface area contributed by atoms with Gasteiger partial charge in [-0.3, -0.25) is 14.9 Å². The average Bonchev–Trinajstić information content (AvgIpc) is 2.80. The van der Waals surface area contributed by atoms with Crippen LogP contribution >= 0.6 is 0 Å². The van der Waals surface area contributed by atoms with E-state index < -0.39 is 10.5 Å². The van der Waals surface area contributed by atoms with Crippen molar-refractivity contribution in [2.45, 2.75) is 18.4 Å². The quantitative estimate of drug-likeness (QED) is 0.497. The van der Waals surface area contributed by atoms with Crippen LogP contribution in [0.4, 0.5) is 5.69 Å². The van der Waals surface area contributed by atoms with Crippen LogP contribution in [0.1, 0.15) is 28.8 Å². The van der Waals surface area contributed by atoms with Crippen molar-refractivity contribution < 1.29 is 19.6 Å². The fourth-order valence-electron chi connectivity index (χ4n) is 3.69. The SMILES string of the molecule is O=C(c1cccnc1Oc1cccc([N+](=O)[O-])c1)N1CCC(O)(c2ccccc2)CC1. The number of likely N-dealkylation sites (tertiary alicyclic amines) is 1. The van der Waals surface area contributed by atoms with Gasteiger partial charge in [-0.15, -0.1) is 0 Å². The van der Waals surface area contributed by atoms with E-state index in [-0.39, 0.29) is 28.8 Å². The number of aromatic nitrogens is 1. The minimum Gasteiger partial charge on any atom is -0.438 e. The van der Waals surface area contributed by atoms with Crippen LogP contribution in [0.3, 0.4) is 0 Å². The van der Waals surface area contributed by atoms with Gasteiger partial charge in [0.15, 0.2) is 0 Å². The van der Waals surface area contributed by atoms with Crippen molar-refractivity contribution in [2.24, 2.45) is 0 Å². The van der Waals surface area contributed by atoms with Crippen molar-refractivity contribution in [1.29, 1.82) is 0 Å². The first-order valence-electron chi connectivity index (χ1n) is 9.91. The maximum absolute atomic E-state index is 13.1. The summed E-state index contributed by atoms with van der Waals surface area (Å²) in [5, 5.41) is 22.0. The minimum atomic E-state index is -0.963. The molecule has 2 heterocycles. The number of pyridine rings is 1. The summed E-state index contributed by atoms with van der Waals surface area (Å²) in [7, 11) is 0. The number of amides is 1. The van der Waals surface area contributed by atoms with E-state index in [0.717, 1.165) is 5.56 Å². The summed E-state index contributed by atoms with van der Waals surface area (Å²) in [6.45, 7) is 0.769. The van der Waals surface area contributed by atoms with Gasteiger partial charge in [0.25, 0.3) is 11.6 Å². The van der Waals surface area contributed by atoms with Gasteiger partial charge in [-0.2, -0.15) is 0 Å². The van der Waals surface area contributed by atoms with Crippen LogP contribution in [-0.2, 0) is 5.60 Å². The van der Waals surface area contributed by atoms with E-state index in [2.05, 4.69) is 4.98 Å². The number of nitro groups is 1. The smallest absolute Gasteiger partial charge is 0.273 e. The van der Waals surface area contributed by atoms with Gasteiger partial charge >= 0.3 is 0 Å². The van der Waals surface area contributed by atoms with Gasteiger partial charge in [-0.25, -0.2) is 4.98 Å². The Bertz CT molecular complexity index is 1100. The topological polar surface area (TPSA) is 106 Å². The van der Waals surface area contributed by atoms with Crippen LogP contribution in [0.5, 0.6) is 11.6 Å². The number of non-ortho nitro benzene ring substituents is 1. The summed E-state index contributed by atoms with van der Waals surface area (Å²) in [4.78, 5) is 29.4. The molecule has 1 fully saturated rings. The Morgan fingerprint density at radius 2 is 1.81 bits per heavy atom. The Morgan fingerprint density at radius 3 is 2.52 bits per heavy atom. The zero-order chi connectivity index (χ0) is 21.8. The number of aliphatic hydroxyl groups is 1. The molecule has 3 aromatic rings. The number of rotatable bonds is 5. The standard InChI is InChI=1S/C23H21N3O5/c27-22(25-14-11-23(28,12-15-25)17-6-2-1-3-7-17)20-10-5-13-24-21(20)31-19-9-4-8-18(16-19)26(29)30/h1-10,13,16,28H,11-12,14-15H2. The first-order valence-corrected chi connectivity index (χ1v) is 9.91. The highest BCUT2D eigenvalue weighted by Gasteiger charge is 2.36. The fourth-order valence-corrected chi connectivity index (χ4v) is 3.69. The van der Waals surface area contributed by atoms with Crippen LogP contribution in [0.25, 0.3) is 0 Å². The second-order valence-electron chi connectivity index (χ2n) is 7.40. The van der Waals surface area contributed by atoms with E-state index in [0.29, 0.717) is 25.9 Å². The number of carbonyl (C=O) groups excluding carboxylic acids is 1. The van der Waals surface area contributed by atoms with Crippen molar-refractivity contribution >= 4 is 11.6 Å². The number of benzene rings is 2. The van der Waals surface area contributed by atoms with Gasteiger partial charge in [0.05, 0.1) is 16.6 Å². The molecule has 8 heteroatoms. The highest BCUT2D eigenvalue weighted by atomic mass is 16.6. The van der Waals surface area contributed by atoms with Gasteiger partial charge in [0.1, 0.15) is 11.3 Å². The molecule has 8 nitrogen and oxygen atoms in total. The van der Waals surface area contributed by atoms with E-state index in [1.165, 1.54) is 24.4 Å². The van der Waals surface area contributed by atoms with Gasteiger partial charge in [-0.1, -0.05) is 36.4 Å². The largest absolute Gasteiger partial charge is 0.438 e. The Hall–Kier alpha value is -3.78. The van der Waals surface area contributed by atoms with Crippen LogP contribution in [0, 0.1) is 10.1 Å². The molecule has 2 aromatic carbocycles. The zero-order valence-electron chi connectivity index (χ0n) is 16.7. The molecule has 0 aliphatic carbocycles. The van der Waals surface area contributed by atoms with E-state index in [4.69, 9.17) is 4.74 Å². The van der Waals surface area contributed by atoms with Crippen molar-refractivity contribution in [3.8, 4) is 11.6 Å². The second-order valence-corrected chi connectivity index (χ2v) is 7.40. The normalized spacial score (nSPS) is 15.3. The summed E-state index contributed by atoms with van der Waals surface area (Å²) in [5.41, 5.74) is 0.0322. The number of nitrogens with zero attached hydrogens (tertiary/aromatic N) is 3. The van der Waals surface area contributed by atoms with Crippen LogP contribution in [-0.4, -0.2) is 38.9 Å². The zero-order valence-corrected chi connectivity index (χ0v) is 16.7. The molecule has 0 unspecified atom stereocenters. The highest BCUT2D eigenvalue weighted by molar-refractivity contribution is 5.96. The predicted molar refractivity (Wildman–Crippen MR) is 113 cm³/mol. The molecule has 0 radical (unpaired) electrons. The molecule has 1 aliphatic rings. The number of ether oxygens (including phenoxy) is 1. The third-order valence-electron chi connectivity index (χ3n) is 5.43. The van der Waals surface area contributed by atoms with Crippen molar-refractivity contribution in [2.75, 3.05) is 13.1 Å². The summed E-state index contributed by atoms with van der Waals surface area (Å²) < 4.78 is 5.71. The van der Waals surface area contributed by atoms with Gasteiger partial charge in [0.2, 0.25) is 5.88 Å². The Labute approximate surface area is 178 Å². The third kappa shape index (κ3) is 4.39. The maximum atomic E-state index is 13.1. The monoisotopic (exact) mass is 419 g/mol. The molecule has 0 bridgehead atoms. The van der Waals surface area contributed by atoms with Gasteiger partial charge in [-0.05, 0) is 36.6 Å². The summed E-state index contributed by atoms with van der Waals surface area (Å²) in [6.07, 6.45) is 2.34. The van der Waals surface area contributed by atoms with Crippen molar-refractivity contribution in [3.05, 3.63) is 94.2 Å². The molecule has 1 amide bonds. The van der Waals surface area contributed by atoms with E-state index >= 15 is 0 Å². The Balaban J connectivity index is 1.50. The molecule has 0 spiro atoms. The molecule has 4 rings (SSSR count). The first-order chi connectivity index (χ1) is 15.0. The molecule has 1 saturated heterocycles. The maximum Gasteiger partial charge on any atom is 0.273 e. The van der Waals surface area contributed by atoms with E-state index in [1.807, 2.05) is 30.3 Å². The summed E-state index contributed by atoms with van der Waals surface area (Å²) >= 11 is 0. The van der Waals surface area contributed by atoms with Crippen molar-refractivity contribution in [1.82, 2.24) is 9.88 Å². The Morgan fingerprint density at radius 1 is 1.06 bits per heavy atom. The van der Waals surface area contributed by atoms with Gasteiger partial charge in [0, 0.05) is 25.4 Å². The fraction of sp³-hybridized carbons (Fsp3) is 0.217. The van der Waals surface area contributed by atoms with Gasteiger partial charge < -0.3 is 14.7 Å². The number of nitro benzene ring substituents is 1. The lowest BCUT2D eigenvalue weighted by molar-refractivity contribution is -0.384. The predicted octanol–water partition coefficient (Wildman–Crippen LogP) is 3.91. The molecule has 31 heavy (non-hydrogen) atoms. The number of piperidine rings is 1. The molecule has 0 saturated carbocycles. The second kappa shape index (κ2) is 8.53. The lowest BCUT2D eigenvalue weighted by Gasteiger charge is -2.38. The van der Waals surface area contributed by atoms with Crippen LogP contribution in [0.15, 0.2) is 72.9 Å². The van der Waals surface area contributed by atoms with Crippen molar-refractivity contribution in [3.63, 3.8) is 0 Å².